The number of aryl methyl sites for hydroxylation is 1. The lowest BCUT2D eigenvalue weighted by Gasteiger charge is -2.07. The molecule has 0 aliphatic rings. The Morgan fingerprint density at radius 2 is 1.72 bits per heavy atom. The van der Waals surface area contributed by atoms with E-state index in [1.54, 1.807) is 31.2 Å². The summed E-state index contributed by atoms with van der Waals surface area (Å²) in [4.78, 5) is 35.2. The summed E-state index contributed by atoms with van der Waals surface area (Å²) < 4.78 is 5.01. The molecule has 3 amide bonds. The van der Waals surface area contributed by atoms with Crippen molar-refractivity contribution in [1.29, 1.82) is 0 Å². The number of thioether (sulfide) groups is 1. The lowest BCUT2D eigenvalue weighted by atomic mass is 10.2. The molecule has 9 heteroatoms. The van der Waals surface area contributed by atoms with Crippen LogP contribution in [0, 0.1) is 6.92 Å². The highest BCUT2D eigenvalue weighted by molar-refractivity contribution is 8.00. The molecular formula is C16H16ClN3O4S. The number of hydrogen-bond acceptors (Lipinski definition) is 5. The van der Waals surface area contributed by atoms with E-state index in [0.717, 1.165) is 11.8 Å². The second-order valence-corrected chi connectivity index (χ2v) is 6.36. The van der Waals surface area contributed by atoms with Crippen LogP contribution in [0.2, 0.25) is 5.02 Å². The average Bonchev–Trinajstić information content (AvgIpc) is 3.01. The smallest absolute Gasteiger partial charge is 0.273 e. The first-order chi connectivity index (χ1) is 12.0. The summed E-state index contributed by atoms with van der Waals surface area (Å²) in [6, 6.07) is 8.22. The van der Waals surface area contributed by atoms with Crippen molar-refractivity contribution in [2.75, 3.05) is 16.8 Å². The number of hydrazine groups is 1. The van der Waals surface area contributed by atoms with E-state index in [4.69, 9.17) is 16.0 Å². The van der Waals surface area contributed by atoms with Crippen LogP contribution in [0.5, 0.6) is 0 Å². The molecule has 0 radical (unpaired) electrons. The second kappa shape index (κ2) is 9.14. The fourth-order valence-corrected chi connectivity index (χ4v) is 2.56. The third kappa shape index (κ3) is 6.17. The van der Waals surface area contributed by atoms with E-state index in [1.807, 2.05) is 0 Å². The van der Waals surface area contributed by atoms with Crippen molar-refractivity contribution in [3.8, 4) is 0 Å². The van der Waals surface area contributed by atoms with Crippen molar-refractivity contribution < 1.29 is 18.8 Å². The molecule has 0 aliphatic carbocycles. The van der Waals surface area contributed by atoms with E-state index < -0.39 is 11.8 Å². The summed E-state index contributed by atoms with van der Waals surface area (Å²) in [5, 5.41) is 3.27. The minimum atomic E-state index is -0.468. The van der Waals surface area contributed by atoms with Gasteiger partial charge in [-0.1, -0.05) is 11.6 Å². The normalized spacial score (nSPS) is 10.2. The van der Waals surface area contributed by atoms with Crippen molar-refractivity contribution >= 4 is 46.8 Å². The first-order valence-corrected chi connectivity index (χ1v) is 8.75. The molecule has 2 aromatic rings. The molecule has 7 nitrogen and oxygen atoms in total. The van der Waals surface area contributed by atoms with E-state index in [2.05, 4.69) is 16.2 Å². The quantitative estimate of drug-likeness (QED) is 0.667. The van der Waals surface area contributed by atoms with Gasteiger partial charge in [0, 0.05) is 10.7 Å². The Bertz CT molecular complexity index is 761. The first-order valence-electron chi connectivity index (χ1n) is 7.22. The van der Waals surface area contributed by atoms with Crippen LogP contribution in [0.4, 0.5) is 5.69 Å². The van der Waals surface area contributed by atoms with E-state index in [-0.39, 0.29) is 17.4 Å². The minimum absolute atomic E-state index is 0.0265. The summed E-state index contributed by atoms with van der Waals surface area (Å²) in [5.41, 5.74) is 5.53. The molecule has 0 unspecified atom stereocenters. The maximum Gasteiger partial charge on any atom is 0.273 e. The van der Waals surface area contributed by atoms with Gasteiger partial charge in [0.1, 0.15) is 5.76 Å². The minimum Gasteiger partial charge on any atom is -0.469 e. The number of benzene rings is 1. The molecular weight excluding hydrogens is 366 g/mol. The molecule has 132 valence electrons. The molecule has 0 fully saturated rings. The molecule has 0 bridgehead atoms. The van der Waals surface area contributed by atoms with Crippen molar-refractivity contribution in [2.45, 2.75) is 6.92 Å². The molecule has 0 saturated heterocycles. The van der Waals surface area contributed by atoms with Crippen LogP contribution in [0.3, 0.4) is 0 Å². The largest absolute Gasteiger partial charge is 0.469 e. The number of hydrogen-bond donors (Lipinski definition) is 3. The molecule has 0 spiro atoms. The van der Waals surface area contributed by atoms with Crippen LogP contribution in [0.1, 0.15) is 16.1 Å². The van der Waals surface area contributed by atoms with Crippen LogP contribution in [0.25, 0.3) is 0 Å². The number of halogens is 1. The summed E-state index contributed by atoms with van der Waals surface area (Å²) in [6.45, 7) is 1.64. The van der Waals surface area contributed by atoms with Crippen LogP contribution in [-0.4, -0.2) is 29.2 Å². The molecule has 1 aromatic carbocycles. The second-order valence-electron chi connectivity index (χ2n) is 4.94. The van der Waals surface area contributed by atoms with Gasteiger partial charge in [0.2, 0.25) is 11.8 Å². The third-order valence-corrected chi connectivity index (χ3v) is 4.20. The molecule has 1 heterocycles. The molecule has 25 heavy (non-hydrogen) atoms. The van der Waals surface area contributed by atoms with Gasteiger partial charge in [-0.25, -0.2) is 0 Å². The lowest BCUT2D eigenvalue weighted by Crippen LogP contribution is -2.42. The van der Waals surface area contributed by atoms with Gasteiger partial charge in [-0.15, -0.1) is 11.8 Å². The maximum absolute atomic E-state index is 11.8. The topological polar surface area (TPSA) is 100 Å². The van der Waals surface area contributed by atoms with Crippen LogP contribution in [-0.2, 0) is 9.59 Å². The number of rotatable bonds is 6. The van der Waals surface area contributed by atoms with Crippen molar-refractivity contribution in [3.05, 3.63) is 52.9 Å². The Morgan fingerprint density at radius 3 is 2.36 bits per heavy atom. The zero-order chi connectivity index (χ0) is 18.2. The number of amides is 3. The van der Waals surface area contributed by atoms with Gasteiger partial charge in [0.05, 0.1) is 23.3 Å². The van der Waals surface area contributed by atoms with Crippen LogP contribution >= 0.6 is 23.4 Å². The molecule has 2 rings (SSSR count). The monoisotopic (exact) mass is 381 g/mol. The van der Waals surface area contributed by atoms with Gasteiger partial charge >= 0.3 is 0 Å². The predicted molar refractivity (Wildman–Crippen MR) is 96.5 cm³/mol. The molecule has 0 atom stereocenters. The van der Waals surface area contributed by atoms with Crippen molar-refractivity contribution in [2.24, 2.45) is 0 Å². The predicted octanol–water partition coefficient (Wildman–Crippen LogP) is 2.37. The number of carbonyl (C=O) groups excluding carboxylic acids is 3. The molecule has 0 saturated carbocycles. The third-order valence-electron chi connectivity index (χ3n) is 3.01. The highest BCUT2D eigenvalue weighted by Crippen LogP contribution is 2.13. The van der Waals surface area contributed by atoms with Gasteiger partial charge in [-0.3, -0.25) is 25.2 Å². The Balaban J connectivity index is 1.64. The lowest BCUT2D eigenvalue weighted by molar-refractivity contribution is -0.119. The Labute approximate surface area is 153 Å². The van der Waals surface area contributed by atoms with Gasteiger partial charge in [-0.2, -0.15) is 0 Å². The Morgan fingerprint density at radius 1 is 1.04 bits per heavy atom. The first kappa shape index (κ1) is 18.9. The number of furan rings is 1. The molecule has 0 aliphatic heterocycles. The molecule has 1 aromatic heterocycles. The van der Waals surface area contributed by atoms with Gasteiger partial charge in [0.15, 0.2) is 0 Å². The summed E-state index contributed by atoms with van der Waals surface area (Å²) in [6.07, 6.45) is 1.39. The van der Waals surface area contributed by atoms with Gasteiger partial charge in [0.25, 0.3) is 5.91 Å². The number of carbonyl (C=O) groups is 3. The zero-order valence-electron chi connectivity index (χ0n) is 13.3. The van der Waals surface area contributed by atoms with E-state index in [9.17, 15) is 14.4 Å². The summed E-state index contributed by atoms with van der Waals surface area (Å²) in [5.74, 6) is -0.536. The fourth-order valence-electron chi connectivity index (χ4n) is 1.82. The zero-order valence-corrected chi connectivity index (χ0v) is 14.9. The van der Waals surface area contributed by atoms with E-state index in [0.29, 0.717) is 22.0 Å². The van der Waals surface area contributed by atoms with Crippen LogP contribution < -0.4 is 16.2 Å². The van der Waals surface area contributed by atoms with E-state index >= 15 is 0 Å². The van der Waals surface area contributed by atoms with Gasteiger partial charge in [-0.05, 0) is 37.3 Å². The molecule has 3 N–H and O–H groups in total. The van der Waals surface area contributed by atoms with E-state index in [1.165, 1.54) is 12.3 Å². The van der Waals surface area contributed by atoms with Crippen molar-refractivity contribution in [3.63, 3.8) is 0 Å². The Hall–Kier alpha value is -2.45. The SMILES string of the molecule is Cc1occc1C(=O)NNC(=O)CSCC(=O)Nc1ccc(Cl)cc1. The van der Waals surface area contributed by atoms with Crippen molar-refractivity contribution in [1.82, 2.24) is 10.9 Å². The number of nitrogens with one attached hydrogen (secondary N) is 3. The average molecular weight is 382 g/mol. The standard InChI is InChI=1S/C16H16ClN3O4S/c1-10-13(6-7-24-10)16(23)20-19-15(22)9-25-8-14(21)18-12-4-2-11(17)3-5-12/h2-7H,8-9H2,1H3,(H,18,21)(H,19,22)(H,20,23). The van der Waals surface area contributed by atoms with Crippen LogP contribution in [0.15, 0.2) is 41.0 Å². The Kier molecular flexibility index (Phi) is 6.91. The fraction of sp³-hybridized carbons (Fsp3) is 0.188. The number of anilines is 1. The summed E-state index contributed by atoms with van der Waals surface area (Å²) in [7, 11) is 0. The highest BCUT2D eigenvalue weighted by atomic mass is 35.5. The maximum atomic E-state index is 11.8. The van der Waals surface area contributed by atoms with Gasteiger partial charge < -0.3 is 9.73 Å². The summed E-state index contributed by atoms with van der Waals surface area (Å²) >= 11 is 6.89. The highest BCUT2D eigenvalue weighted by Gasteiger charge is 2.12.